The van der Waals surface area contributed by atoms with Gasteiger partial charge in [-0.25, -0.2) is 9.07 Å². The molecule has 1 amide bonds. The number of halogens is 1. The van der Waals surface area contributed by atoms with Crippen LogP contribution in [0.15, 0.2) is 54.6 Å². The second kappa shape index (κ2) is 8.83. The summed E-state index contributed by atoms with van der Waals surface area (Å²) in [7, 11) is 0. The highest BCUT2D eigenvalue weighted by atomic mass is 19.1. The van der Waals surface area contributed by atoms with Gasteiger partial charge in [-0.1, -0.05) is 43.7 Å². The Balaban J connectivity index is 2.12. The van der Waals surface area contributed by atoms with Crippen molar-refractivity contribution in [1.82, 2.24) is 14.7 Å². The van der Waals surface area contributed by atoms with E-state index in [1.807, 2.05) is 36.1 Å². The first-order valence-electron chi connectivity index (χ1n) is 9.76. The molecule has 0 radical (unpaired) electrons. The third kappa shape index (κ3) is 4.14. The van der Waals surface area contributed by atoms with E-state index in [0.29, 0.717) is 30.0 Å². The molecular weight excluding hydrogens is 353 g/mol. The molecule has 0 saturated heterocycles. The lowest BCUT2D eigenvalue weighted by molar-refractivity contribution is 0.0746. The van der Waals surface area contributed by atoms with Crippen LogP contribution in [-0.2, 0) is 0 Å². The second-order valence-electron chi connectivity index (χ2n) is 6.93. The molecule has 0 unspecified atom stereocenters. The third-order valence-corrected chi connectivity index (χ3v) is 4.63. The van der Waals surface area contributed by atoms with Gasteiger partial charge in [0, 0.05) is 18.7 Å². The van der Waals surface area contributed by atoms with E-state index in [9.17, 15) is 9.18 Å². The molecule has 1 heterocycles. The molecule has 2 aromatic carbocycles. The molecule has 5 heteroatoms. The molecule has 28 heavy (non-hydrogen) atoms. The molecule has 0 bridgehead atoms. The maximum Gasteiger partial charge on any atom is 0.272 e. The first-order chi connectivity index (χ1) is 13.5. The van der Waals surface area contributed by atoms with Crippen molar-refractivity contribution in [2.75, 3.05) is 13.1 Å². The number of hydrogen-bond donors (Lipinski definition) is 0. The minimum absolute atomic E-state index is 0.0839. The minimum atomic E-state index is -0.353. The zero-order chi connectivity index (χ0) is 20.1. The Morgan fingerprint density at radius 1 is 1.04 bits per heavy atom. The van der Waals surface area contributed by atoms with Gasteiger partial charge in [-0.3, -0.25) is 4.79 Å². The number of nitrogens with zero attached hydrogens (tertiary/aromatic N) is 3. The number of aryl methyl sites for hydroxylation is 1. The summed E-state index contributed by atoms with van der Waals surface area (Å²) in [4.78, 5) is 15.1. The largest absolute Gasteiger partial charge is 0.337 e. The number of carbonyl (C=O) groups is 1. The molecule has 3 rings (SSSR count). The molecule has 0 atom stereocenters. The van der Waals surface area contributed by atoms with Crippen molar-refractivity contribution < 1.29 is 9.18 Å². The zero-order valence-corrected chi connectivity index (χ0v) is 16.7. The Morgan fingerprint density at radius 3 is 2.29 bits per heavy atom. The van der Waals surface area contributed by atoms with E-state index in [1.54, 1.807) is 28.9 Å². The maximum atomic E-state index is 14.3. The van der Waals surface area contributed by atoms with Gasteiger partial charge in [0.15, 0.2) is 0 Å². The topological polar surface area (TPSA) is 38.1 Å². The second-order valence-corrected chi connectivity index (χ2v) is 6.93. The average Bonchev–Trinajstić information content (AvgIpc) is 3.13. The molecule has 146 valence electrons. The SMILES string of the molecule is CCCN(CCC)C(=O)c1cc(-c2ccccc2F)nn1-c1ccc(C)cc1. The Morgan fingerprint density at radius 2 is 1.68 bits per heavy atom. The number of benzene rings is 2. The van der Waals surface area contributed by atoms with Gasteiger partial charge < -0.3 is 4.90 Å². The first-order valence-corrected chi connectivity index (χ1v) is 9.76. The molecule has 0 fully saturated rings. The number of amides is 1. The molecule has 3 aromatic rings. The van der Waals surface area contributed by atoms with Crippen LogP contribution in [0.1, 0.15) is 42.7 Å². The molecular formula is C23H26FN3O. The minimum Gasteiger partial charge on any atom is -0.337 e. The Hall–Kier alpha value is -2.95. The van der Waals surface area contributed by atoms with Gasteiger partial charge in [-0.05, 0) is 50.1 Å². The zero-order valence-electron chi connectivity index (χ0n) is 16.7. The Labute approximate surface area is 165 Å². The van der Waals surface area contributed by atoms with E-state index in [-0.39, 0.29) is 11.7 Å². The fourth-order valence-corrected chi connectivity index (χ4v) is 3.23. The summed E-state index contributed by atoms with van der Waals surface area (Å²) in [6, 6.07) is 16.0. The highest BCUT2D eigenvalue weighted by molar-refractivity contribution is 5.94. The van der Waals surface area contributed by atoms with Crippen LogP contribution in [0.2, 0.25) is 0 Å². The highest BCUT2D eigenvalue weighted by Crippen LogP contribution is 2.25. The third-order valence-electron chi connectivity index (χ3n) is 4.63. The van der Waals surface area contributed by atoms with E-state index in [1.165, 1.54) is 6.07 Å². The lowest BCUT2D eigenvalue weighted by Crippen LogP contribution is -2.33. The lowest BCUT2D eigenvalue weighted by atomic mass is 10.1. The van der Waals surface area contributed by atoms with Crippen LogP contribution >= 0.6 is 0 Å². The smallest absolute Gasteiger partial charge is 0.272 e. The first kappa shape index (κ1) is 19.8. The fourth-order valence-electron chi connectivity index (χ4n) is 3.23. The Bertz CT molecular complexity index is 941. The van der Waals surface area contributed by atoms with E-state index in [2.05, 4.69) is 18.9 Å². The summed E-state index contributed by atoms with van der Waals surface area (Å²) in [6.45, 7) is 7.48. The van der Waals surface area contributed by atoms with Crippen molar-refractivity contribution in [3.8, 4) is 16.9 Å². The van der Waals surface area contributed by atoms with Crippen molar-refractivity contribution in [2.45, 2.75) is 33.6 Å². The molecule has 0 N–H and O–H groups in total. The van der Waals surface area contributed by atoms with Crippen molar-refractivity contribution in [2.24, 2.45) is 0 Å². The summed E-state index contributed by atoms with van der Waals surface area (Å²) < 4.78 is 16.0. The molecule has 4 nitrogen and oxygen atoms in total. The van der Waals surface area contributed by atoms with Crippen molar-refractivity contribution >= 4 is 5.91 Å². The van der Waals surface area contributed by atoms with Gasteiger partial charge in [0.2, 0.25) is 0 Å². The van der Waals surface area contributed by atoms with Crippen LogP contribution in [0.25, 0.3) is 16.9 Å². The van der Waals surface area contributed by atoms with Gasteiger partial charge >= 0.3 is 0 Å². The average molecular weight is 379 g/mol. The standard InChI is InChI=1S/C23H26FN3O/c1-4-14-26(15-5-2)23(28)22-16-21(19-8-6-7-9-20(19)24)25-27(22)18-12-10-17(3)11-13-18/h6-13,16H,4-5,14-15H2,1-3H3. The quantitative estimate of drug-likeness (QED) is 0.562. The maximum absolute atomic E-state index is 14.3. The van der Waals surface area contributed by atoms with E-state index in [4.69, 9.17) is 0 Å². The van der Waals surface area contributed by atoms with Gasteiger partial charge in [0.05, 0.1) is 11.4 Å². The van der Waals surface area contributed by atoms with Crippen LogP contribution in [0.5, 0.6) is 0 Å². The van der Waals surface area contributed by atoms with Crippen molar-refractivity contribution in [3.05, 3.63) is 71.7 Å². The summed E-state index contributed by atoms with van der Waals surface area (Å²) in [5, 5.41) is 4.59. The number of hydrogen-bond acceptors (Lipinski definition) is 2. The Kier molecular flexibility index (Phi) is 6.24. The molecule has 1 aromatic heterocycles. The highest BCUT2D eigenvalue weighted by Gasteiger charge is 2.23. The number of rotatable bonds is 7. The monoisotopic (exact) mass is 379 g/mol. The van der Waals surface area contributed by atoms with Gasteiger partial charge in [0.1, 0.15) is 11.5 Å². The van der Waals surface area contributed by atoms with E-state index >= 15 is 0 Å². The summed E-state index contributed by atoms with van der Waals surface area (Å²) in [5.74, 6) is -0.437. The van der Waals surface area contributed by atoms with Crippen LogP contribution in [0.4, 0.5) is 4.39 Å². The molecule has 0 aliphatic heterocycles. The van der Waals surface area contributed by atoms with Crippen LogP contribution in [0, 0.1) is 12.7 Å². The normalized spacial score (nSPS) is 10.9. The van der Waals surface area contributed by atoms with Gasteiger partial charge in [-0.15, -0.1) is 0 Å². The van der Waals surface area contributed by atoms with Crippen molar-refractivity contribution in [3.63, 3.8) is 0 Å². The van der Waals surface area contributed by atoms with E-state index < -0.39 is 0 Å². The van der Waals surface area contributed by atoms with Crippen LogP contribution in [0.3, 0.4) is 0 Å². The van der Waals surface area contributed by atoms with E-state index in [0.717, 1.165) is 24.1 Å². The molecule has 0 saturated carbocycles. The summed E-state index contributed by atoms with van der Waals surface area (Å²) in [6.07, 6.45) is 1.76. The van der Waals surface area contributed by atoms with Crippen LogP contribution in [-0.4, -0.2) is 33.7 Å². The fraction of sp³-hybridized carbons (Fsp3) is 0.304. The van der Waals surface area contributed by atoms with Crippen LogP contribution < -0.4 is 0 Å². The summed E-state index contributed by atoms with van der Waals surface area (Å²) in [5.41, 5.74) is 3.19. The van der Waals surface area contributed by atoms with Gasteiger partial charge in [-0.2, -0.15) is 5.10 Å². The molecule has 0 aliphatic rings. The predicted molar refractivity (Wildman–Crippen MR) is 110 cm³/mol. The number of carbonyl (C=O) groups excluding carboxylic acids is 1. The summed E-state index contributed by atoms with van der Waals surface area (Å²) >= 11 is 0. The molecule has 0 aliphatic carbocycles. The number of aromatic nitrogens is 2. The molecule has 0 spiro atoms. The lowest BCUT2D eigenvalue weighted by Gasteiger charge is -2.21. The van der Waals surface area contributed by atoms with Crippen molar-refractivity contribution in [1.29, 1.82) is 0 Å². The predicted octanol–water partition coefficient (Wildman–Crippen LogP) is 5.25. The van der Waals surface area contributed by atoms with Gasteiger partial charge in [0.25, 0.3) is 5.91 Å².